The van der Waals surface area contributed by atoms with Gasteiger partial charge in [0.15, 0.2) is 0 Å². The van der Waals surface area contributed by atoms with Crippen molar-refractivity contribution in [3.8, 4) is 0 Å². The Hall–Kier alpha value is -3.08. The standard InChI is InChI=1S/C21H29N3O8/c1-14(13-22-15(25)8-10-23-16(26)4-5-17(23)27)31-11-9-21(2,3)12-20(30)32-24-18(28)6-7-19(24)29/h4-5,14H,6-13H2,1-3H3,(H,22,25). The van der Waals surface area contributed by atoms with Gasteiger partial charge in [0.1, 0.15) is 0 Å². The first-order valence-electron chi connectivity index (χ1n) is 10.5. The summed E-state index contributed by atoms with van der Waals surface area (Å²) in [4.78, 5) is 75.8. The molecule has 0 spiro atoms. The lowest BCUT2D eigenvalue weighted by molar-refractivity contribution is -0.199. The molecule has 11 nitrogen and oxygen atoms in total. The Bertz CT molecular complexity index is 786. The number of ether oxygens (including phenoxy) is 1. The Kier molecular flexibility index (Phi) is 8.64. The zero-order chi connectivity index (χ0) is 23.9. The van der Waals surface area contributed by atoms with Crippen LogP contribution >= 0.6 is 0 Å². The Balaban J connectivity index is 1.61. The van der Waals surface area contributed by atoms with E-state index in [9.17, 15) is 28.8 Å². The van der Waals surface area contributed by atoms with E-state index < -0.39 is 35.0 Å². The normalized spacial score (nSPS) is 17.3. The first-order chi connectivity index (χ1) is 15.0. The molecule has 0 aliphatic carbocycles. The molecule has 176 valence electrons. The van der Waals surface area contributed by atoms with E-state index in [0.717, 1.165) is 4.90 Å². The van der Waals surface area contributed by atoms with Crippen molar-refractivity contribution in [1.82, 2.24) is 15.3 Å². The van der Waals surface area contributed by atoms with Gasteiger partial charge in [-0.1, -0.05) is 13.8 Å². The summed E-state index contributed by atoms with van der Waals surface area (Å²) in [6.45, 7) is 6.05. The molecular weight excluding hydrogens is 422 g/mol. The van der Waals surface area contributed by atoms with E-state index in [2.05, 4.69) is 5.32 Å². The van der Waals surface area contributed by atoms with Gasteiger partial charge in [-0.15, -0.1) is 5.06 Å². The Morgan fingerprint density at radius 2 is 1.69 bits per heavy atom. The van der Waals surface area contributed by atoms with Crippen LogP contribution in [0.3, 0.4) is 0 Å². The number of carbonyl (C=O) groups is 6. The number of nitrogens with one attached hydrogen (secondary N) is 1. The number of imide groups is 2. The van der Waals surface area contributed by atoms with Gasteiger partial charge in [0.25, 0.3) is 23.6 Å². The van der Waals surface area contributed by atoms with E-state index in [4.69, 9.17) is 9.57 Å². The summed E-state index contributed by atoms with van der Waals surface area (Å²) in [6, 6.07) is 0. The summed E-state index contributed by atoms with van der Waals surface area (Å²) in [6.07, 6.45) is 2.65. The highest BCUT2D eigenvalue weighted by Crippen LogP contribution is 2.26. The van der Waals surface area contributed by atoms with Crippen molar-refractivity contribution in [2.24, 2.45) is 5.41 Å². The van der Waals surface area contributed by atoms with Crippen molar-refractivity contribution < 1.29 is 38.3 Å². The zero-order valence-corrected chi connectivity index (χ0v) is 18.5. The quantitative estimate of drug-likeness (QED) is 0.416. The lowest BCUT2D eigenvalue weighted by Crippen LogP contribution is -2.37. The van der Waals surface area contributed by atoms with Crippen LogP contribution in [0, 0.1) is 5.41 Å². The second kappa shape index (κ2) is 11.0. The molecule has 0 saturated carbocycles. The van der Waals surface area contributed by atoms with Gasteiger partial charge in [-0.3, -0.25) is 28.9 Å². The van der Waals surface area contributed by atoms with E-state index in [0.29, 0.717) is 18.1 Å². The number of nitrogens with zero attached hydrogens (tertiary/aromatic N) is 2. The molecule has 0 radical (unpaired) electrons. The Morgan fingerprint density at radius 3 is 2.28 bits per heavy atom. The van der Waals surface area contributed by atoms with Crippen molar-refractivity contribution >= 4 is 35.5 Å². The van der Waals surface area contributed by atoms with Crippen molar-refractivity contribution in [2.75, 3.05) is 19.7 Å². The van der Waals surface area contributed by atoms with Crippen LogP contribution in [0.1, 0.15) is 52.9 Å². The summed E-state index contributed by atoms with van der Waals surface area (Å²) in [5, 5.41) is 3.22. The largest absolute Gasteiger partial charge is 0.377 e. The van der Waals surface area contributed by atoms with Crippen molar-refractivity contribution in [2.45, 2.75) is 59.0 Å². The first kappa shape index (κ1) is 25.2. The van der Waals surface area contributed by atoms with Crippen LogP contribution in [0.15, 0.2) is 12.2 Å². The second-order valence-corrected chi connectivity index (χ2v) is 8.53. The molecule has 1 fully saturated rings. The SMILES string of the molecule is CC(CNC(=O)CCN1C(=O)C=CC1=O)OCCC(C)(C)CC(=O)ON1C(=O)CCC1=O. The molecular formula is C21H29N3O8. The van der Waals surface area contributed by atoms with E-state index in [-0.39, 0.29) is 50.8 Å². The van der Waals surface area contributed by atoms with E-state index in [1.165, 1.54) is 12.2 Å². The number of carbonyl (C=O) groups excluding carboxylic acids is 6. The number of amides is 5. The van der Waals surface area contributed by atoms with Gasteiger partial charge >= 0.3 is 5.97 Å². The maximum atomic E-state index is 12.1. The average molecular weight is 451 g/mol. The minimum atomic E-state index is -0.663. The molecule has 0 bridgehead atoms. The highest BCUT2D eigenvalue weighted by molar-refractivity contribution is 6.13. The summed E-state index contributed by atoms with van der Waals surface area (Å²) < 4.78 is 5.68. The lowest BCUT2D eigenvalue weighted by atomic mass is 9.86. The summed E-state index contributed by atoms with van der Waals surface area (Å²) in [5.74, 6) is -2.85. The van der Waals surface area contributed by atoms with Crippen LogP contribution < -0.4 is 5.32 Å². The van der Waals surface area contributed by atoms with Crippen LogP contribution in [-0.2, 0) is 38.3 Å². The molecule has 1 unspecified atom stereocenters. The second-order valence-electron chi connectivity index (χ2n) is 8.53. The number of hydrogen-bond donors (Lipinski definition) is 1. The van der Waals surface area contributed by atoms with Gasteiger partial charge in [-0.05, 0) is 18.8 Å². The van der Waals surface area contributed by atoms with Crippen LogP contribution in [0.5, 0.6) is 0 Å². The highest BCUT2D eigenvalue weighted by Gasteiger charge is 2.34. The smallest absolute Gasteiger partial charge is 0.333 e. The molecule has 1 atom stereocenters. The van der Waals surface area contributed by atoms with Gasteiger partial charge in [0.05, 0.1) is 12.5 Å². The zero-order valence-electron chi connectivity index (χ0n) is 18.5. The third-order valence-corrected chi connectivity index (χ3v) is 5.05. The van der Waals surface area contributed by atoms with E-state index >= 15 is 0 Å². The summed E-state index contributed by atoms with van der Waals surface area (Å²) in [5.41, 5.74) is -0.491. The molecule has 0 aromatic carbocycles. The van der Waals surface area contributed by atoms with Crippen molar-refractivity contribution in [3.05, 3.63) is 12.2 Å². The van der Waals surface area contributed by atoms with E-state index in [1.54, 1.807) is 6.92 Å². The number of rotatable bonds is 12. The molecule has 0 aromatic rings. The number of hydrogen-bond acceptors (Lipinski definition) is 8. The Labute approximate surface area is 186 Å². The van der Waals surface area contributed by atoms with Crippen LogP contribution in [-0.4, -0.2) is 71.3 Å². The van der Waals surface area contributed by atoms with Crippen LogP contribution in [0.25, 0.3) is 0 Å². The molecule has 5 amide bonds. The van der Waals surface area contributed by atoms with Gasteiger partial charge in [-0.25, -0.2) is 4.79 Å². The predicted octanol–water partition coefficient (Wildman–Crippen LogP) is 0.236. The van der Waals surface area contributed by atoms with E-state index in [1.807, 2.05) is 13.8 Å². The first-order valence-corrected chi connectivity index (χ1v) is 10.5. The maximum absolute atomic E-state index is 12.1. The minimum absolute atomic E-state index is 0.00132. The number of hydroxylamine groups is 2. The van der Waals surface area contributed by atoms with Gasteiger partial charge < -0.3 is 14.9 Å². The van der Waals surface area contributed by atoms with Crippen LogP contribution in [0.2, 0.25) is 0 Å². The molecule has 0 aromatic heterocycles. The lowest BCUT2D eigenvalue weighted by Gasteiger charge is -2.25. The van der Waals surface area contributed by atoms with Gasteiger partial charge in [0, 0.05) is 51.1 Å². The molecule has 2 aliphatic rings. The summed E-state index contributed by atoms with van der Waals surface area (Å²) in [7, 11) is 0. The topological polar surface area (TPSA) is 139 Å². The minimum Gasteiger partial charge on any atom is -0.377 e. The fourth-order valence-corrected chi connectivity index (χ4v) is 3.08. The van der Waals surface area contributed by atoms with Crippen molar-refractivity contribution in [3.63, 3.8) is 0 Å². The fraction of sp³-hybridized carbons (Fsp3) is 0.619. The predicted molar refractivity (Wildman–Crippen MR) is 109 cm³/mol. The molecule has 32 heavy (non-hydrogen) atoms. The maximum Gasteiger partial charge on any atom is 0.333 e. The molecule has 1 saturated heterocycles. The van der Waals surface area contributed by atoms with Gasteiger partial charge in [0.2, 0.25) is 5.91 Å². The fourth-order valence-electron chi connectivity index (χ4n) is 3.08. The van der Waals surface area contributed by atoms with Gasteiger partial charge in [-0.2, -0.15) is 0 Å². The molecule has 1 N–H and O–H groups in total. The highest BCUT2D eigenvalue weighted by atomic mass is 16.7. The molecule has 2 aliphatic heterocycles. The third-order valence-electron chi connectivity index (χ3n) is 5.05. The third kappa shape index (κ3) is 7.56. The van der Waals surface area contributed by atoms with Crippen LogP contribution in [0.4, 0.5) is 0 Å². The molecule has 2 rings (SSSR count). The van der Waals surface area contributed by atoms with Crippen molar-refractivity contribution in [1.29, 1.82) is 0 Å². The summed E-state index contributed by atoms with van der Waals surface area (Å²) >= 11 is 0. The average Bonchev–Trinajstić information content (AvgIpc) is 3.19. The molecule has 11 heteroatoms. The molecule has 2 heterocycles. The Morgan fingerprint density at radius 1 is 1.09 bits per heavy atom. The monoisotopic (exact) mass is 451 g/mol.